The summed E-state index contributed by atoms with van der Waals surface area (Å²) in [5, 5.41) is 9.13. The Morgan fingerprint density at radius 1 is 1.05 bits per heavy atom. The van der Waals surface area contributed by atoms with Gasteiger partial charge in [0.25, 0.3) is 15.1 Å². The largest absolute Gasteiger partial charge is 0.448 e. The first kappa shape index (κ1) is 30.2. The number of carbonyl (C=O) groups excluding carboxylic acids is 1. The molecule has 16 heteroatoms. The van der Waals surface area contributed by atoms with Gasteiger partial charge in [-0.05, 0) is 42.8 Å². The van der Waals surface area contributed by atoms with Crippen molar-refractivity contribution < 1.29 is 41.0 Å². The lowest BCUT2D eigenvalue weighted by Crippen LogP contribution is -2.31. The summed E-state index contributed by atoms with van der Waals surface area (Å²) in [4.78, 5) is 25.8. The molecule has 3 aromatic rings. The minimum atomic E-state index is -4.58. The van der Waals surface area contributed by atoms with Gasteiger partial charge in [-0.1, -0.05) is 51.4 Å². The first-order valence-electron chi connectivity index (χ1n) is 11.1. The molecule has 0 aliphatic heterocycles. The average Bonchev–Trinajstić information content (AvgIpc) is 3.32. The normalized spacial score (nSPS) is 11.7. The van der Waals surface area contributed by atoms with Crippen molar-refractivity contribution in [2.75, 3.05) is 24.7 Å². The summed E-state index contributed by atoms with van der Waals surface area (Å²) in [5.74, 6) is 0.626. The zero-order valence-corrected chi connectivity index (χ0v) is 22.7. The summed E-state index contributed by atoms with van der Waals surface area (Å²) in [6.07, 6.45) is -4.86. The minimum Gasteiger partial charge on any atom is -0.448 e. The molecule has 1 N–H and O–H groups in total. The Hall–Kier alpha value is -3.37. The second-order valence-electron chi connectivity index (χ2n) is 7.78. The Morgan fingerprint density at radius 2 is 1.67 bits per heavy atom. The summed E-state index contributed by atoms with van der Waals surface area (Å²) in [7, 11) is -1.81. The fourth-order valence-corrected chi connectivity index (χ4v) is 5.73. The molecule has 2 aromatic carbocycles. The molecule has 0 saturated carbocycles. The maximum Gasteiger partial charge on any atom is 0.421 e. The zero-order valence-electron chi connectivity index (χ0n) is 20.2. The van der Waals surface area contributed by atoms with Crippen molar-refractivity contribution in [1.29, 1.82) is 0 Å². The van der Waals surface area contributed by atoms with Crippen LogP contribution in [0.2, 0.25) is 0 Å². The number of aromatic nitrogens is 1. The molecule has 1 heterocycles. The molecule has 210 valence electrons. The van der Waals surface area contributed by atoms with Crippen LogP contribution in [-0.4, -0.2) is 48.9 Å². The molecule has 3 rings (SSSR count). The van der Waals surface area contributed by atoms with Crippen molar-refractivity contribution in [3.63, 3.8) is 0 Å². The van der Waals surface area contributed by atoms with Crippen LogP contribution >= 0.6 is 21.6 Å². The second kappa shape index (κ2) is 13.1. The Kier molecular flexibility index (Phi) is 10.2. The van der Waals surface area contributed by atoms with Gasteiger partial charge in [0.15, 0.2) is 0 Å². The van der Waals surface area contributed by atoms with E-state index in [0.717, 1.165) is 30.0 Å². The van der Waals surface area contributed by atoms with E-state index >= 15 is 0 Å². The van der Waals surface area contributed by atoms with Crippen LogP contribution < -0.4 is 4.72 Å². The number of halogens is 3. The smallest absolute Gasteiger partial charge is 0.421 e. The van der Waals surface area contributed by atoms with Gasteiger partial charge < -0.3 is 14.1 Å². The first-order chi connectivity index (χ1) is 18.4. The van der Waals surface area contributed by atoms with E-state index in [0.29, 0.717) is 17.1 Å². The highest BCUT2D eigenvalue weighted by Crippen LogP contribution is 2.35. The molecule has 0 aliphatic carbocycles. The number of aryl methyl sites for hydroxylation is 1. The fraction of sp³-hybridized carbons (Fsp3) is 0.261. The van der Waals surface area contributed by atoms with Crippen LogP contribution in [0.15, 0.2) is 65.7 Å². The Labute approximate surface area is 229 Å². The highest BCUT2D eigenvalue weighted by atomic mass is 33.1. The van der Waals surface area contributed by atoms with Crippen LogP contribution in [-0.2, 0) is 25.8 Å². The Bertz CT molecular complexity index is 1400. The number of sulfonamides is 1. The van der Waals surface area contributed by atoms with E-state index in [1.54, 1.807) is 29.0 Å². The van der Waals surface area contributed by atoms with Gasteiger partial charge in [-0.15, -0.1) is 10.1 Å². The van der Waals surface area contributed by atoms with Crippen molar-refractivity contribution in [2.45, 2.75) is 18.0 Å². The zero-order chi connectivity index (χ0) is 28.6. The van der Waals surface area contributed by atoms with Gasteiger partial charge in [-0.25, -0.2) is 17.9 Å². The number of rotatable bonds is 12. The van der Waals surface area contributed by atoms with Gasteiger partial charge in [0, 0.05) is 23.4 Å². The van der Waals surface area contributed by atoms with Crippen LogP contribution in [0.25, 0.3) is 16.9 Å². The van der Waals surface area contributed by atoms with E-state index in [9.17, 15) is 36.5 Å². The lowest BCUT2D eigenvalue weighted by Gasteiger charge is -2.12. The third kappa shape index (κ3) is 8.83. The summed E-state index contributed by atoms with van der Waals surface area (Å²) < 4.78 is 73.4. The predicted octanol–water partition coefficient (Wildman–Crippen LogP) is 5.48. The lowest BCUT2D eigenvalue weighted by molar-refractivity contribution is -0.756. The standard InChI is InChI=1S/C23H22F3N3O7S3/c1-16-2-4-17(5-3-16)21-14-18(23(24,25)26)15-28(21)19-6-8-20(9-7-19)39(33,34)27-22(30)35-10-12-37-38-13-11-36-29(31)32/h2-9,14-15H,10-13H2,1H3,(H,27,30). The average molecular weight is 606 g/mol. The molecule has 0 fully saturated rings. The van der Waals surface area contributed by atoms with E-state index in [1.807, 2.05) is 6.92 Å². The molecule has 0 spiro atoms. The van der Waals surface area contributed by atoms with E-state index in [-0.39, 0.29) is 29.5 Å². The van der Waals surface area contributed by atoms with Gasteiger partial charge in [-0.3, -0.25) is 0 Å². The highest BCUT2D eigenvalue weighted by molar-refractivity contribution is 8.76. The van der Waals surface area contributed by atoms with E-state index in [2.05, 4.69) is 4.84 Å². The van der Waals surface area contributed by atoms with Gasteiger partial charge >= 0.3 is 12.3 Å². The topological polar surface area (TPSA) is 130 Å². The van der Waals surface area contributed by atoms with Crippen molar-refractivity contribution in [3.8, 4) is 16.9 Å². The van der Waals surface area contributed by atoms with Crippen LogP contribution in [0.5, 0.6) is 0 Å². The number of ether oxygens (including phenoxy) is 1. The van der Waals surface area contributed by atoms with Crippen LogP contribution in [0.3, 0.4) is 0 Å². The van der Waals surface area contributed by atoms with Gasteiger partial charge in [0.05, 0.1) is 16.2 Å². The summed E-state index contributed by atoms with van der Waals surface area (Å²) in [5.41, 5.74) is 1.16. The minimum absolute atomic E-state index is 0.0931. The van der Waals surface area contributed by atoms with Gasteiger partial charge in [0.2, 0.25) is 0 Å². The molecule has 1 aromatic heterocycles. The number of hydrogen-bond donors (Lipinski definition) is 1. The van der Waals surface area contributed by atoms with E-state index in [1.165, 1.54) is 38.3 Å². The first-order valence-corrected chi connectivity index (χ1v) is 15.0. The fourth-order valence-electron chi connectivity index (χ4n) is 3.19. The maximum atomic E-state index is 13.5. The number of carbonyl (C=O) groups is 1. The number of nitrogens with one attached hydrogen (secondary N) is 1. The van der Waals surface area contributed by atoms with E-state index < -0.39 is 32.9 Å². The summed E-state index contributed by atoms with van der Waals surface area (Å²) in [6.45, 7) is 1.64. The molecule has 39 heavy (non-hydrogen) atoms. The number of amides is 1. The number of hydrogen-bond acceptors (Lipinski definition) is 9. The molecule has 0 saturated heterocycles. The van der Waals surface area contributed by atoms with Crippen molar-refractivity contribution in [2.24, 2.45) is 0 Å². The predicted molar refractivity (Wildman–Crippen MR) is 140 cm³/mol. The van der Waals surface area contributed by atoms with Crippen LogP contribution in [0.1, 0.15) is 11.1 Å². The number of nitrogens with zero attached hydrogens (tertiary/aromatic N) is 2. The molecular formula is C23H22F3N3O7S3. The summed E-state index contributed by atoms with van der Waals surface area (Å²) in [6, 6.07) is 12.9. The lowest BCUT2D eigenvalue weighted by atomic mass is 10.1. The third-order valence-corrected chi connectivity index (χ3v) is 8.65. The van der Waals surface area contributed by atoms with Crippen molar-refractivity contribution >= 4 is 37.7 Å². The second-order valence-corrected chi connectivity index (χ2v) is 12.2. The molecular weight excluding hydrogens is 583 g/mol. The van der Waals surface area contributed by atoms with E-state index in [4.69, 9.17) is 4.74 Å². The molecule has 0 unspecified atom stereocenters. The van der Waals surface area contributed by atoms with Gasteiger partial charge in [0.1, 0.15) is 13.2 Å². The van der Waals surface area contributed by atoms with Gasteiger partial charge in [-0.2, -0.15) is 13.2 Å². The molecule has 0 atom stereocenters. The maximum absolute atomic E-state index is 13.5. The molecule has 0 aliphatic rings. The molecule has 0 bridgehead atoms. The third-order valence-electron chi connectivity index (χ3n) is 4.98. The highest BCUT2D eigenvalue weighted by Gasteiger charge is 2.33. The number of alkyl halides is 3. The molecule has 1 amide bonds. The quantitative estimate of drug-likeness (QED) is 0.124. The molecule has 0 radical (unpaired) electrons. The van der Waals surface area contributed by atoms with Crippen molar-refractivity contribution in [3.05, 3.63) is 82.0 Å². The molecule has 10 nitrogen and oxygen atoms in total. The SMILES string of the molecule is Cc1ccc(-c2cc(C(F)(F)F)cn2-c2ccc(S(=O)(=O)NC(=O)OCCSSCCO[N+](=O)[O-])cc2)cc1. The Balaban J connectivity index is 1.64. The van der Waals surface area contributed by atoms with Crippen LogP contribution in [0.4, 0.5) is 18.0 Å². The Morgan fingerprint density at radius 3 is 2.26 bits per heavy atom. The monoisotopic (exact) mass is 605 g/mol. The van der Waals surface area contributed by atoms with Crippen LogP contribution in [0, 0.1) is 17.0 Å². The summed E-state index contributed by atoms with van der Waals surface area (Å²) >= 11 is 0. The number of benzene rings is 2. The van der Waals surface area contributed by atoms with Crippen molar-refractivity contribution in [1.82, 2.24) is 9.29 Å².